The van der Waals surface area contributed by atoms with E-state index in [2.05, 4.69) is 4.98 Å². The van der Waals surface area contributed by atoms with Gasteiger partial charge in [0.2, 0.25) is 0 Å². The molecule has 0 atom stereocenters. The summed E-state index contributed by atoms with van der Waals surface area (Å²) < 4.78 is 43.1. The number of carboxylic acids is 1. The molecular weight excluding hydrogens is 287 g/mol. The number of hydrogen-bond acceptors (Lipinski definition) is 3. The second kappa shape index (κ2) is 5.43. The predicted octanol–water partition coefficient (Wildman–Crippen LogP) is 3.47. The number of methoxy groups -OCH3 is 1. The molecule has 7 heteroatoms. The number of carbonyl (C=O) groups is 1. The van der Waals surface area contributed by atoms with Crippen LogP contribution in [-0.2, 0) is 6.18 Å². The molecule has 0 aliphatic carbocycles. The average Bonchev–Trinajstić information content (AvgIpc) is 2.45. The van der Waals surface area contributed by atoms with E-state index in [1.807, 2.05) is 0 Å². The Morgan fingerprint density at radius 3 is 2.57 bits per heavy atom. The largest absolute Gasteiger partial charge is 0.494 e. The maximum absolute atomic E-state index is 12.7. The summed E-state index contributed by atoms with van der Waals surface area (Å²) >= 11 is 0. The van der Waals surface area contributed by atoms with Crippen LogP contribution in [0.2, 0.25) is 0 Å². The summed E-state index contributed by atoms with van der Waals surface area (Å²) in [6.07, 6.45) is -2.12. The molecule has 110 valence electrons. The molecule has 0 amide bonds. The molecule has 0 bridgehead atoms. The summed E-state index contributed by atoms with van der Waals surface area (Å²) in [6, 6.07) is 4.39. The molecule has 0 spiro atoms. The van der Waals surface area contributed by atoms with Gasteiger partial charge in [0.1, 0.15) is 5.56 Å². The lowest BCUT2D eigenvalue weighted by Gasteiger charge is -2.12. The third kappa shape index (κ3) is 2.96. The van der Waals surface area contributed by atoms with Gasteiger partial charge in [0.05, 0.1) is 18.9 Å². The first-order chi connectivity index (χ1) is 9.84. The topological polar surface area (TPSA) is 59.4 Å². The number of benzene rings is 1. The normalized spacial score (nSPS) is 11.2. The van der Waals surface area contributed by atoms with E-state index in [0.717, 1.165) is 12.1 Å². The highest BCUT2D eigenvalue weighted by Crippen LogP contribution is 2.34. The van der Waals surface area contributed by atoms with E-state index in [4.69, 9.17) is 4.74 Å². The fourth-order valence-electron chi connectivity index (χ4n) is 1.90. The molecule has 0 fully saturated rings. The minimum absolute atomic E-state index is 0.0163. The van der Waals surface area contributed by atoms with Crippen LogP contribution in [0.3, 0.4) is 0 Å². The molecule has 0 saturated heterocycles. The van der Waals surface area contributed by atoms with Crippen molar-refractivity contribution < 1.29 is 27.8 Å². The van der Waals surface area contributed by atoms with Crippen LogP contribution >= 0.6 is 0 Å². The zero-order chi connectivity index (χ0) is 15.6. The van der Waals surface area contributed by atoms with Crippen LogP contribution in [0.25, 0.3) is 11.1 Å². The van der Waals surface area contributed by atoms with Gasteiger partial charge in [-0.2, -0.15) is 13.2 Å². The Hall–Kier alpha value is -2.57. The molecule has 0 saturated carbocycles. The summed E-state index contributed by atoms with van der Waals surface area (Å²) in [7, 11) is 1.26. The molecule has 0 aliphatic rings. The van der Waals surface area contributed by atoms with Crippen molar-refractivity contribution in [2.24, 2.45) is 0 Å². The summed E-state index contributed by atoms with van der Waals surface area (Å²) in [5.41, 5.74) is -0.924. The van der Waals surface area contributed by atoms with Crippen LogP contribution in [0.4, 0.5) is 13.2 Å². The van der Waals surface area contributed by atoms with Gasteiger partial charge in [-0.3, -0.25) is 4.98 Å². The van der Waals surface area contributed by atoms with Gasteiger partial charge >= 0.3 is 12.1 Å². The standard InChI is InChI=1S/C14H10F3NO3/c1-21-11-7-18-6-10(12(11)13(19)20)8-3-2-4-9(5-8)14(15,16)17/h2-7H,1H3,(H,19,20). The summed E-state index contributed by atoms with van der Waals surface area (Å²) in [6.45, 7) is 0. The number of carboxylic acid groups (broad SMARTS) is 1. The molecular formula is C14H10F3NO3. The Labute approximate surface area is 117 Å². The number of hydrogen-bond donors (Lipinski definition) is 1. The zero-order valence-corrected chi connectivity index (χ0v) is 10.8. The Morgan fingerprint density at radius 1 is 1.29 bits per heavy atom. The number of rotatable bonds is 3. The first-order valence-corrected chi connectivity index (χ1v) is 5.77. The smallest absolute Gasteiger partial charge is 0.416 e. The molecule has 0 radical (unpaired) electrons. The van der Waals surface area contributed by atoms with E-state index in [9.17, 15) is 23.1 Å². The number of pyridine rings is 1. The van der Waals surface area contributed by atoms with Crippen LogP contribution in [0.15, 0.2) is 36.7 Å². The fourth-order valence-corrected chi connectivity index (χ4v) is 1.90. The Bertz CT molecular complexity index is 683. The van der Waals surface area contributed by atoms with Gasteiger partial charge in [-0.1, -0.05) is 12.1 Å². The molecule has 0 aliphatic heterocycles. The Balaban J connectivity index is 2.65. The Kier molecular flexibility index (Phi) is 3.84. The van der Waals surface area contributed by atoms with Gasteiger partial charge in [-0.25, -0.2) is 4.79 Å². The first kappa shape index (κ1) is 14.8. The lowest BCUT2D eigenvalue weighted by atomic mass is 9.99. The highest BCUT2D eigenvalue weighted by Gasteiger charge is 2.31. The van der Waals surface area contributed by atoms with Crippen LogP contribution in [0.1, 0.15) is 15.9 Å². The van der Waals surface area contributed by atoms with E-state index < -0.39 is 17.7 Å². The van der Waals surface area contributed by atoms with E-state index in [-0.39, 0.29) is 22.4 Å². The molecule has 0 unspecified atom stereocenters. The SMILES string of the molecule is COc1cncc(-c2cccc(C(F)(F)F)c2)c1C(=O)O. The van der Waals surface area contributed by atoms with Crippen molar-refractivity contribution in [1.29, 1.82) is 0 Å². The summed E-state index contributed by atoms with van der Waals surface area (Å²) in [5, 5.41) is 9.24. The number of aromatic nitrogens is 1. The third-order valence-electron chi connectivity index (χ3n) is 2.85. The molecule has 1 aromatic carbocycles. The minimum atomic E-state index is -4.51. The maximum Gasteiger partial charge on any atom is 0.416 e. The van der Waals surface area contributed by atoms with E-state index >= 15 is 0 Å². The van der Waals surface area contributed by atoms with Crippen LogP contribution in [-0.4, -0.2) is 23.2 Å². The van der Waals surface area contributed by atoms with Crippen LogP contribution < -0.4 is 4.74 Å². The minimum Gasteiger partial charge on any atom is -0.494 e. The quantitative estimate of drug-likeness (QED) is 0.942. The van der Waals surface area contributed by atoms with E-state index in [1.165, 1.54) is 31.6 Å². The second-order valence-electron chi connectivity index (χ2n) is 4.15. The number of aromatic carboxylic acids is 1. The van der Waals surface area contributed by atoms with E-state index in [1.54, 1.807) is 0 Å². The van der Waals surface area contributed by atoms with Gasteiger partial charge in [0, 0.05) is 11.8 Å². The first-order valence-electron chi connectivity index (χ1n) is 5.77. The molecule has 21 heavy (non-hydrogen) atoms. The predicted molar refractivity (Wildman–Crippen MR) is 68.2 cm³/mol. The third-order valence-corrected chi connectivity index (χ3v) is 2.85. The monoisotopic (exact) mass is 297 g/mol. The van der Waals surface area contributed by atoms with Crippen molar-refractivity contribution in [2.45, 2.75) is 6.18 Å². The van der Waals surface area contributed by atoms with Crippen molar-refractivity contribution in [1.82, 2.24) is 4.98 Å². The van der Waals surface area contributed by atoms with Crippen molar-refractivity contribution in [3.05, 3.63) is 47.8 Å². The molecule has 4 nitrogen and oxygen atoms in total. The van der Waals surface area contributed by atoms with Gasteiger partial charge in [-0.05, 0) is 17.7 Å². The van der Waals surface area contributed by atoms with Gasteiger partial charge < -0.3 is 9.84 Å². The van der Waals surface area contributed by atoms with Crippen molar-refractivity contribution in [3.8, 4) is 16.9 Å². The van der Waals surface area contributed by atoms with Crippen molar-refractivity contribution >= 4 is 5.97 Å². The average molecular weight is 297 g/mol. The Morgan fingerprint density at radius 2 is 2.00 bits per heavy atom. The number of alkyl halides is 3. The van der Waals surface area contributed by atoms with Gasteiger partial charge in [0.15, 0.2) is 5.75 Å². The van der Waals surface area contributed by atoms with Crippen molar-refractivity contribution in [2.75, 3.05) is 7.11 Å². The number of ether oxygens (including phenoxy) is 1. The number of nitrogens with zero attached hydrogens (tertiary/aromatic N) is 1. The maximum atomic E-state index is 12.7. The highest BCUT2D eigenvalue weighted by molar-refractivity contribution is 5.98. The molecule has 1 N–H and O–H groups in total. The molecule has 1 heterocycles. The highest BCUT2D eigenvalue weighted by atomic mass is 19.4. The number of halogens is 3. The van der Waals surface area contributed by atoms with Crippen molar-refractivity contribution in [3.63, 3.8) is 0 Å². The lowest BCUT2D eigenvalue weighted by molar-refractivity contribution is -0.137. The molecule has 1 aromatic heterocycles. The van der Waals surface area contributed by atoms with Gasteiger partial charge in [0.25, 0.3) is 0 Å². The fraction of sp³-hybridized carbons (Fsp3) is 0.143. The second-order valence-corrected chi connectivity index (χ2v) is 4.15. The summed E-state index contributed by atoms with van der Waals surface area (Å²) in [4.78, 5) is 15.1. The van der Waals surface area contributed by atoms with Crippen LogP contribution in [0, 0.1) is 0 Å². The lowest BCUT2D eigenvalue weighted by Crippen LogP contribution is -2.06. The summed E-state index contributed by atoms with van der Waals surface area (Å²) in [5.74, 6) is -1.32. The zero-order valence-electron chi connectivity index (χ0n) is 10.8. The van der Waals surface area contributed by atoms with Gasteiger partial charge in [-0.15, -0.1) is 0 Å². The van der Waals surface area contributed by atoms with E-state index in [0.29, 0.717) is 0 Å². The van der Waals surface area contributed by atoms with Crippen LogP contribution in [0.5, 0.6) is 5.75 Å². The molecule has 2 aromatic rings. The molecule has 2 rings (SSSR count).